The largest absolute Gasteiger partial charge is 0.387 e. The normalized spacial score (nSPS) is 12.6. The van der Waals surface area contributed by atoms with E-state index in [9.17, 15) is 13.9 Å². The number of aliphatic hydroxyl groups excluding tert-OH is 1. The second kappa shape index (κ2) is 6.75. The Morgan fingerprint density at radius 3 is 2.79 bits per heavy atom. The number of benzene rings is 1. The second-order valence-corrected chi connectivity index (χ2v) is 5.05. The van der Waals surface area contributed by atoms with Crippen LogP contribution in [0.4, 0.5) is 8.78 Å². The molecule has 19 heavy (non-hydrogen) atoms. The molecular weight excluding hydrogens is 268 g/mol. The van der Waals surface area contributed by atoms with E-state index in [4.69, 9.17) is 0 Å². The zero-order valence-corrected chi connectivity index (χ0v) is 11.1. The van der Waals surface area contributed by atoms with Gasteiger partial charge in [-0.25, -0.2) is 8.78 Å². The van der Waals surface area contributed by atoms with Crippen molar-refractivity contribution >= 4 is 11.3 Å². The Morgan fingerprint density at radius 1 is 1.26 bits per heavy atom. The summed E-state index contributed by atoms with van der Waals surface area (Å²) in [6.45, 7) is 0.948. The molecule has 0 saturated carbocycles. The van der Waals surface area contributed by atoms with Crippen LogP contribution in [0.1, 0.15) is 17.2 Å². The third kappa shape index (κ3) is 4.09. The van der Waals surface area contributed by atoms with Gasteiger partial charge >= 0.3 is 0 Å². The molecule has 0 radical (unpaired) electrons. The van der Waals surface area contributed by atoms with Gasteiger partial charge in [0.15, 0.2) is 0 Å². The molecule has 5 heteroatoms. The van der Waals surface area contributed by atoms with Gasteiger partial charge in [-0.05, 0) is 41.4 Å². The van der Waals surface area contributed by atoms with Crippen molar-refractivity contribution in [1.82, 2.24) is 5.32 Å². The minimum Gasteiger partial charge on any atom is -0.387 e. The van der Waals surface area contributed by atoms with Gasteiger partial charge in [0.25, 0.3) is 0 Å². The highest BCUT2D eigenvalue weighted by Crippen LogP contribution is 2.17. The first-order valence-electron chi connectivity index (χ1n) is 6.01. The summed E-state index contributed by atoms with van der Waals surface area (Å²) in [5.41, 5.74) is 1.35. The van der Waals surface area contributed by atoms with Gasteiger partial charge in [0.1, 0.15) is 11.6 Å². The zero-order valence-electron chi connectivity index (χ0n) is 10.3. The highest BCUT2D eigenvalue weighted by Gasteiger charge is 2.12. The van der Waals surface area contributed by atoms with E-state index in [1.54, 1.807) is 11.3 Å². The summed E-state index contributed by atoms with van der Waals surface area (Å²) >= 11 is 1.64. The first kappa shape index (κ1) is 14.1. The Balaban J connectivity index is 1.79. The maximum atomic E-state index is 13.4. The van der Waals surface area contributed by atoms with Crippen molar-refractivity contribution in [3.8, 4) is 0 Å². The predicted octanol–water partition coefficient (Wildman–Crippen LogP) is 2.89. The lowest BCUT2D eigenvalue weighted by Gasteiger charge is -2.13. The van der Waals surface area contributed by atoms with Crippen LogP contribution in [0, 0.1) is 11.6 Å². The van der Waals surface area contributed by atoms with Gasteiger partial charge in [0, 0.05) is 18.2 Å². The first-order chi connectivity index (χ1) is 9.16. The van der Waals surface area contributed by atoms with Crippen LogP contribution < -0.4 is 5.32 Å². The molecule has 0 aliphatic heterocycles. The van der Waals surface area contributed by atoms with Crippen molar-refractivity contribution in [1.29, 1.82) is 0 Å². The van der Waals surface area contributed by atoms with Gasteiger partial charge in [-0.2, -0.15) is 11.3 Å². The molecule has 2 N–H and O–H groups in total. The topological polar surface area (TPSA) is 32.3 Å². The smallest absolute Gasteiger partial charge is 0.131 e. The number of hydrogen-bond donors (Lipinski definition) is 2. The summed E-state index contributed by atoms with van der Waals surface area (Å²) in [5.74, 6) is -1.36. The van der Waals surface area contributed by atoms with E-state index in [0.29, 0.717) is 6.54 Å². The molecule has 0 spiro atoms. The molecule has 0 amide bonds. The van der Waals surface area contributed by atoms with Crippen molar-refractivity contribution in [2.75, 3.05) is 13.1 Å². The molecule has 102 valence electrons. The van der Waals surface area contributed by atoms with Crippen LogP contribution in [-0.2, 0) is 6.42 Å². The Kier molecular flexibility index (Phi) is 5.01. The molecule has 0 fully saturated rings. The highest BCUT2D eigenvalue weighted by molar-refractivity contribution is 7.07. The molecule has 1 aromatic heterocycles. The van der Waals surface area contributed by atoms with Crippen LogP contribution in [-0.4, -0.2) is 18.2 Å². The summed E-state index contributed by atoms with van der Waals surface area (Å²) in [5, 5.41) is 17.0. The number of halogens is 2. The van der Waals surface area contributed by atoms with Gasteiger partial charge in [-0.1, -0.05) is 6.07 Å². The van der Waals surface area contributed by atoms with Crippen molar-refractivity contribution < 1.29 is 13.9 Å². The molecule has 1 atom stereocenters. The quantitative estimate of drug-likeness (QED) is 0.799. The maximum absolute atomic E-state index is 13.4. The minimum absolute atomic E-state index is 0.115. The minimum atomic E-state index is -0.969. The number of nitrogens with one attached hydrogen (secondary N) is 1. The average Bonchev–Trinajstić information content (AvgIpc) is 2.87. The lowest BCUT2D eigenvalue weighted by Crippen LogP contribution is -2.24. The summed E-state index contributed by atoms with van der Waals surface area (Å²) in [4.78, 5) is 0. The Bertz CT molecular complexity index is 516. The fourth-order valence-corrected chi connectivity index (χ4v) is 2.49. The molecule has 2 rings (SSSR count). The van der Waals surface area contributed by atoms with E-state index in [-0.39, 0.29) is 12.1 Å². The third-order valence-electron chi connectivity index (χ3n) is 2.83. The molecule has 0 saturated heterocycles. The van der Waals surface area contributed by atoms with Crippen LogP contribution in [0.15, 0.2) is 35.0 Å². The van der Waals surface area contributed by atoms with E-state index in [1.807, 2.05) is 11.4 Å². The summed E-state index contributed by atoms with van der Waals surface area (Å²) in [6, 6.07) is 5.25. The fourth-order valence-electron chi connectivity index (χ4n) is 1.79. The Labute approximate surface area is 114 Å². The molecule has 2 aromatic rings. The number of rotatable bonds is 6. The molecule has 1 aromatic carbocycles. The first-order valence-corrected chi connectivity index (χ1v) is 6.96. The van der Waals surface area contributed by atoms with Gasteiger partial charge < -0.3 is 10.4 Å². The molecule has 1 unspecified atom stereocenters. The lowest BCUT2D eigenvalue weighted by atomic mass is 10.1. The van der Waals surface area contributed by atoms with Gasteiger partial charge in [-0.15, -0.1) is 0 Å². The van der Waals surface area contributed by atoms with Crippen LogP contribution >= 0.6 is 11.3 Å². The maximum Gasteiger partial charge on any atom is 0.131 e. The third-order valence-corrected chi connectivity index (χ3v) is 3.56. The molecule has 0 aliphatic carbocycles. The van der Waals surface area contributed by atoms with E-state index >= 15 is 0 Å². The van der Waals surface area contributed by atoms with Gasteiger partial charge in [0.05, 0.1) is 6.10 Å². The zero-order chi connectivity index (χ0) is 13.7. The van der Waals surface area contributed by atoms with Gasteiger partial charge in [0.2, 0.25) is 0 Å². The van der Waals surface area contributed by atoms with Crippen LogP contribution in [0.2, 0.25) is 0 Å². The van der Waals surface area contributed by atoms with Crippen LogP contribution in [0.3, 0.4) is 0 Å². The van der Waals surface area contributed by atoms with E-state index in [0.717, 1.165) is 18.6 Å². The van der Waals surface area contributed by atoms with Crippen molar-refractivity contribution in [2.24, 2.45) is 0 Å². The number of aliphatic hydroxyl groups is 1. The molecular formula is C14H15F2NOS. The predicted molar refractivity (Wildman–Crippen MR) is 72.2 cm³/mol. The monoisotopic (exact) mass is 283 g/mol. The van der Waals surface area contributed by atoms with E-state index < -0.39 is 17.7 Å². The highest BCUT2D eigenvalue weighted by atomic mass is 32.1. The van der Waals surface area contributed by atoms with E-state index in [1.165, 1.54) is 11.6 Å². The lowest BCUT2D eigenvalue weighted by molar-refractivity contribution is 0.170. The summed E-state index contributed by atoms with van der Waals surface area (Å²) in [7, 11) is 0. The SMILES string of the molecule is OC(CNCCc1ccsc1)c1ccc(F)cc1F. The van der Waals surface area contributed by atoms with Gasteiger partial charge in [-0.3, -0.25) is 0 Å². The molecule has 2 nitrogen and oxygen atoms in total. The van der Waals surface area contributed by atoms with Crippen LogP contribution in [0.25, 0.3) is 0 Å². The Morgan fingerprint density at radius 2 is 2.11 bits per heavy atom. The van der Waals surface area contributed by atoms with E-state index in [2.05, 4.69) is 10.7 Å². The van der Waals surface area contributed by atoms with Crippen molar-refractivity contribution in [2.45, 2.75) is 12.5 Å². The molecule has 0 bridgehead atoms. The second-order valence-electron chi connectivity index (χ2n) is 4.27. The summed E-state index contributed by atoms with van der Waals surface area (Å²) in [6.07, 6.45) is -0.106. The number of hydrogen-bond acceptors (Lipinski definition) is 3. The van der Waals surface area contributed by atoms with Crippen molar-refractivity contribution in [3.05, 3.63) is 57.8 Å². The van der Waals surface area contributed by atoms with Crippen LogP contribution in [0.5, 0.6) is 0 Å². The molecule has 1 heterocycles. The average molecular weight is 283 g/mol. The number of thiophene rings is 1. The Hall–Kier alpha value is -1.30. The fraction of sp³-hybridized carbons (Fsp3) is 0.286. The standard InChI is InChI=1S/C14H15F2NOS/c15-11-1-2-12(13(16)7-11)14(18)8-17-5-3-10-4-6-19-9-10/h1-2,4,6-7,9,14,17-18H,3,5,8H2. The summed E-state index contributed by atoms with van der Waals surface area (Å²) < 4.78 is 26.1. The van der Waals surface area contributed by atoms with Crippen molar-refractivity contribution in [3.63, 3.8) is 0 Å². The molecule has 0 aliphatic rings.